The van der Waals surface area contributed by atoms with Crippen molar-refractivity contribution in [2.45, 2.75) is 33.2 Å². The van der Waals surface area contributed by atoms with Gasteiger partial charge in [-0.25, -0.2) is 13.8 Å². The molecule has 1 saturated heterocycles. The van der Waals surface area contributed by atoms with Gasteiger partial charge in [0.25, 0.3) is 0 Å². The minimum atomic E-state index is -0.599. The third kappa shape index (κ3) is 6.21. The average Bonchev–Trinajstić information content (AvgIpc) is 2.74. The summed E-state index contributed by atoms with van der Waals surface area (Å²) in [5.74, 6) is -0.0217. The molecule has 2 aromatic heterocycles. The highest BCUT2D eigenvalue weighted by Gasteiger charge is 2.16. The van der Waals surface area contributed by atoms with Crippen molar-refractivity contribution in [1.29, 1.82) is 0 Å². The van der Waals surface area contributed by atoms with Gasteiger partial charge in [0.1, 0.15) is 17.5 Å². The molecule has 4 rings (SSSR count). The molecule has 1 aromatic carbocycles. The number of hydrogen-bond donors (Lipinski definition) is 2. The van der Waals surface area contributed by atoms with Crippen LogP contribution >= 0.6 is 11.6 Å². The van der Waals surface area contributed by atoms with E-state index in [1.807, 2.05) is 24.3 Å². The van der Waals surface area contributed by atoms with Crippen molar-refractivity contribution in [2.75, 3.05) is 18.4 Å². The van der Waals surface area contributed by atoms with Crippen LogP contribution in [0.25, 0.3) is 11.3 Å². The molecule has 0 spiro atoms. The van der Waals surface area contributed by atoms with E-state index in [9.17, 15) is 8.78 Å². The molecule has 0 amide bonds. The van der Waals surface area contributed by atoms with Gasteiger partial charge in [-0.05, 0) is 74.2 Å². The van der Waals surface area contributed by atoms with Crippen LogP contribution in [-0.2, 0) is 13.0 Å². The fourth-order valence-electron chi connectivity index (χ4n) is 3.77. The molecule has 7 heteroatoms. The summed E-state index contributed by atoms with van der Waals surface area (Å²) in [5.41, 5.74) is 3.05. The first-order valence-electron chi connectivity index (χ1n) is 10.1. The van der Waals surface area contributed by atoms with Gasteiger partial charge >= 0.3 is 0 Å². The first-order chi connectivity index (χ1) is 14.6. The Morgan fingerprint density at radius 1 is 1.13 bits per heavy atom. The smallest absolute Gasteiger partial charge is 0.126 e. The minimum Gasteiger partial charge on any atom is -0.366 e. The zero-order valence-electron chi connectivity index (χ0n) is 16.5. The van der Waals surface area contributed by atoms with Gasteiger partial charge < -0.3 is 10.6 Å². The number of rotatable bonds is 6. The second kappa shape index (κ2) is 10.6. The summed E-state index contributed by atoms with van der Waals surface area (Å²) < 4.78 is 26.8. The molecule has 0 radical (unpaired) electrons. The molecule has 1 aliphatic heterocycles. The molecule has 3 heterocycles. The molecule has 1 aliphatic rings. The van der Waals surface area contributed by atoms with Crippen LogP contribution in [0, 0.1) is 17.6 Å². The van der Waals surface area contributed by atoms with E-state index in [-0.39, 0.29) is 14.0 Å². The molecular weight excluding hydrogens is 418 g/mol. The van der Waals surface area contributed by atoms with Crippen molar-refractivity contribution in [1.82, 2.24) is 15.3 Å². The quantitative estimate of drug-likeness (QED) is 0.499. The van der Waals surface area contributed by atoms with E-state index >= 15 is 0 Å². The molecule has 0 unspecified atom stereocenters. The SMILES string of the molecule is C.Fc1cc(F)cc(CNc2cccc(-c3cc(C[C@@H]4CCCNC4)ncc3Cl)n2)c1. The summed E-state index contributed by atoms with van der Waals surface area (Å²) in [4.78, 5) is 9.13. The minimum absolute atomic E-state index is 0. The summed E-state index contributed by atoms with van der Waals surface area (Å²) in [6.45, 7) is 2.36. The number of nitrogens with zero attached hydrogens (tertiary/aromatic N) is 2. The van der Waals surface area contributed by atoms with Gasteiger partial charge in [-0.2, -0.15) is 0 Å². The van der Waals surface area contributed by atoms with Crippen LogP contribution in [-0.4, -0.2) is 23.1 Å². The van der Waals surface area contributed by atoms with Crippen molar-refractivity contribution < 1.29 is 8.78 Å². The predicted molar refractivity (Wildman–Crippen MR) is 122 cm³/mol. The maximum absolute atomic E-state index is 13.4. The maximum Gasteiger partial charge on any atom is 0.126 e. The number of aromatic nitrogens is 2. The molecule has 31 heavy (non-hydrogen) atoms. The second-order valence-electron chi connectivity index (χ2n) is 7.61. The highest BCUT2D eigenvalue weighted by molar-refractivity contribution is 6.33. The summed E-state index contributed by atoms with van der Waals surface area (Å²) in [5, 5.41) is 7.09. The van der Waals surface area contributed by atoms with Gasteiger partial charge in [-0.15, -0.1) is 0 Å². The van der Waals surface area contributed by atoms with Crippen LogP contribution in [0.2, 0.25) is 5.02 Å². The molecule has 3 aromatic rings. The van der Waals surface area contributed by atoms with Crippen molar-refractivity contribution >= 4 is 17.4 Å². The Morgan fingerprint density at radius 3 is 2.68 bits per heavy atom. The Hall–Kier alpha value is -2.57. The van der Waals surface area contributed by atoms with Gasteiger partial charge in [0.2, 0.25) is 0 Å². The van der Waals surface area contributed by atoms with E-state index in [1.54, 1.807) is 6.20 Å². The van der Waals surface area contributed by atoms with E-state index in [2.05, 4.69) is 20.6 Å². The first-order valence-corrected chi connectivity index (χ1v) is 10.5. The monoisotopic (exact) mass is 444 g/mol. The summed E-state index contributed by atoms with van der Waals surface area (Å²) >= 11 is 6.42. The van der Waals surface area contributed by atoms with Gasteiger partial charge in [0.05, 0.1) is 10.7 Å². The summed E-state index contributed by atoms with van der Waals surface area (Å²) in [6, 6.07) is 11.0. The van der Waals surface area contributed by atoms with Crippen molar-refractivity contribution in [2.24, 2.45) is 5.92 Å². The predicted octanol–water partition coefficient (Wildman–Crippen LogP) is 5.87. The average molecular weight is 445 g/mol. The fraction of sp³-hybridized carbons (Fsp3) is 0.333. The highest BCUT2D eigenvalue weighted by atomic mass is 35.5. The summed E-state index contributed by atoms with van der Waals surface area (Å²) in [7, 11) is 0. The Labute approximate surface area is 187 Å². The van der Waals surface area contributed by atoms with Gasteiger partial charge in [-0.3, -0.25) is 4.98 Å². The lowest BCUT2D eigenvalue weighted by atomic mass is 9.94. The van der Waals surface area contributed by atoms with Crippen LogP contribution < -0.4 is 10.6 Å². The molecule has 0 bridgehead atoms. The van der Waals surface area contributed by atoms with Gasteiger partial charge in [-0.1, -0.05) is 25.1 Å². The Morgan fingerprint density at radius 2 is 1.94 bits per heavy atom. The van der Waals surface area contributed by atoms with E-state index in [0.717, 1.165) is 42.5 Å². The Balaban J connectivity index is 0.00000272. The number of nitrogens with one attached hydrogen (secondary N) is 2. The van der Waals surface area contributed by atoms with E-state index in [0.29, 0.717) is 22.3 Å². The van der Waals surface area contributed by atoms with Gasteiger partial charge in [0, 0.05) is 30.1 Å². The van der Waals surface area contributed by atoms with Crippen LogP contribution in [0.4, 0.5) is 14.6 Å². The van der Waals surface area contributed by atoms with Crippen molar-refractivity contribution in [3.05, 3.63) is 76.6 Å². The van der Waals surface area contributed by atoms with Crippen LogP contribution in [0.1, 0.15) is 31.5 Å². The topological polar surface area (TPSA) is 49.8 Å². The van der Waals surface area contributed by atoms with E-state index in [4.69, 9.17) is 11.6 Å². The largest absolute Gasteiger partial charge is 0.366 e. The zero-order valence-corrected chi connectivity index (χ0v) is 17.2. The molecule has 1 atom stereocenters. The normalized spacial score (nSPS) is 15.9. The lowest BCUT2D eigenvalue weighted by molar-refractivity contribution is 0.373. The number of halogens is 3. The fourth-order valence-corrected chi connectivity index (χ4v) is 3.97. The van der Waals surface area contributed by atoms with Crippen molar-refractivity contribution in [3.8, 4) is 11.3 Å². The Bertz CT molecular complexity index is 1000. The standard InChI is InChI=1S/C23H23ClF2N4.CH4/c24-21-14-28-19(9-15-3-2-6-27-12-15)11-20(21)22-4-1-5-23(30-22)29-13-16-7-17(25)10-18(26)8-16;/h1,4-5,7-8,10-11,14-15,27H,2-3,6,9,12-13H2,(H,29,30);1H4/t15-;/m0./s1. The lowest BCUT2D eigenvalue weighted by Gasteiger charge is -2.22. The third-order valence-electron chi connectivity index (χ3n) is 5.23. The number of hydrogen-bond acceptors (Lipinski definition) is 4. The van der Waals surface area contributed by atoms with E-state index < -0.39 is 11.6 Å². The zero-order chi connectivity index (χ0) is 20.9. The van der Waals surface area contributed by atoms with Crippen molar-refractivity contribution in [3.63, 3.8) is 0 Å². The van der Waals surface area contributed by atoms with Crippen LogP contribution in [0.3, 0.4) is 0 Å². The van der Waals surface area contributed by atoms with Gasteiger partial charge in [0.15, 0.2) is 0 Å². The molecule has 2 N–H and O–H groups in total. The third-order valence-corrected chi connectivity index (χ3v) is 5.53. The number of benzene rings is 1. The highest BCUT2D eigenvalue weighted by Crippen LogP contribution is 2.28. The van der Waals surface area contributed by atoms with E-state index in [1.165, 1.54) is 25.0 Å². The molecule has 4 nitrogen and oxygen atoms in total. The van der Waals surface area contributed by atoms with Crippen LogP contribution in [0.5, 0.6) is 0 Å². The number of pyridine rings is 2. The second-order valence-corrected chi connectivity index (χ2v) is 8.02. The molecule has 1 fully saturated rings. The number of piperidine rings is 1. The molecule has 0 saturated carbocycles. The first kappa shape index (κ1) is 23.1. The molecule has 0 aliphatic carbocycles. The number of anilines is 1. The molecular formula is C24H27ClF2N4. The summed E-state index contributed by atoms with van der Waals surface area (Å²) in [6.07, 6.45) is 4.97. The van der Waals surface area contributed by atoms with Crippen LogP contribution in [0.15, 0.2) is 48.7 Å². The maximum atomic E-state index is 13.4. The Kier molecular flexibility index (Phi) is 7.93. The lowest BCUT2D eigenvalue weighted by Crippen LogP contribution is -2.31. The molecule has 164 valence electrons.